The maximum atomic E-state index is 12.2. The first-order valence-corrected chi connectivity index (χ1v) is 9.16. The number of H-pyrrole nitrogens is 2. The van der Waals surface area contributed by atoms with E-state index in [4.69, 9.17) is 9.47 Å². The molecule has 1 heterocycles. The fourth-order valence-electron chi connectivity index (χ4n) is 2.43. The summed E-state index contributed by atoms with van der Waals surface area (Å²) in [5.41, 5.74) is 1.71. The molecule has 0 atom stereocenters. The maximum absolute atomic E-state index is 12.2. The molecule has 2 aromatic carbocycles. The van der Waals surface area contributed by atoms with E-state index in [1.165, 1.54) is 13.3 Å². The van der Waals surface area contributed by atoms with Crippen LogP contribution in [0.4, 0.5) is 5.82 Å². The second kappa shape index (κ2) is 10.3. The Kier molecular flexibility index (Phi) is 7.09. The van der Waals surface area contributed by atoms with Gasteiger partial charge in [-0.1, -0.05) is 18.2 Å². The van der Waals surface area contributed by atoms with Crippen LogP contribution in [0.1, 0.15) is 15.9 Å². The normalized spacial score (nSPS) is 10.5. The van der Waals surface area contributed by atoms with Crippen LogP contribution in [0.2, 0.25) is 0 Å². The number of methoxy groups -OCH3 is 1. The van der Waals surface area contributed by atoms with E-state index < -0.39 is 23.1 Å². The van der Waals surface area contributed by atoms with Crippen molar-refractivity contribution >= 4 is 23.9 Å². The van der Waals surface area contributed by atoms with Crippen LogP contribution >= 0.6 is 0 Å². The number of hydrazone groups is 1. The zero-order valence-electron chi connectivity index (χ0n) is 16.7. The van der Waals surface area contributed by atoms with Gasteiger partial charge in [0.05, 0.1) is 25.4 Å². The zero-order valence-corrected chi connectivity index (χ0v) is 16.7. The molecule has 0 fully saturated rings. The molecule has 164 valence electrons. The number of hydrogen-bond donors (Lipinski definition) is 4. The second-order valence-corrected chi connectivity index (χ2v) is 6.17. The van der Waals surface area contributed by atoms with Crippen LogP contribution in [-0.2, 0) is 4.79 Å². The lowest BCUT2D eigenvalue weighted by atomic mass is 10.2. The van der Waals surface area contributed by atoms with Crippen LogP contribution in [0, 0.1) is 0 Å². The summed E-state index contributed by atoms with van der Waals surface area (Å²) in [7, 11) is 1.43. The second-order valence-electron chi connectivity index (χ2n) is 6.17. The van der Waals surface area contributed by atoms with Crippen LogP contribution in [-0.4, -0.2) is 46.9 Å². The van der Waals surface area contributed by atoms with Crippen molar-refractivity contribution in [3.8, 4) is 11.5 Å². The van der Waals surface area contributed by atoms with E-state index in [-0.39, 0.29) is 18.1 Å². The average molecular weight is 438 g/mol. The number of aromatic amines is 2. The van der Waals surface area contributed by atoms with Crippen molar-refractivity contribution in [2.24, 2.45) is 5.10 Å². The highest BCUT2D eigenvalue weighted by Crippen LogP contribution is 2.28. The highest BCUT2D eigenvalue weighted by atomic mass is 16.6. The highest BCUT2D eigenvalue weighted by molar-refractivity contribution is 5.91. The number of aromatic nitrogens is 3. The van der Waals surface area contributed by atoms with Gasteiger partial charge in [0.25, 0.3) is 11.5 Å². The number of hydrogen-bond acceptors (Lipinski definition) is 9. The van der Waals surface area contributed by atoms with Crippen LogP contribution in [0.5, 0.6) is 11.5 Å². The number of nitrogens with one attached hydrogen (secondary N) is 4. The number of nitrogens with zero attached hydrogens (tertiary/aromatic N) is 2. The number of carbonyl (C=O) groups is 2. The van der Waals surface area contributed by atoms with Crippen molar-refractivity contribution in [2.45, 2.75) is 0 Å². The Morgan fingerprint density at radius 2 is 1.91 bits per heavy atom. The van der Waals surface area contributed by atoms with Crippen LogP contribution in [0.25, 0.3) is 0 Å². The molecule has 0 bridgehead atoms. The van der Waals surface area contributed by atoms with Crippen molar-refractivity contribution in [1.82, 2.24) is 20.6 Å². The summed E-state index contributed by atoms with van der Waals surface area (Å²) in [5.74, 6) is -0.774. The van der Waals surface area contributed by atoms with Crippen molar-refractivity contribution in [3.63, 3.8) is 0 Å². The molecule has 0 aliphatic rings. The fraction of sp³-hybridized carbons (Fsp3) is 0.100. The summed E-state index contributed by atoms with van der Waals surface area (Å²) >= 11 is 0. The minimum absolute atomic E-state index is 0.214. The minimum atomic E-state index is -0.759. The number of amides is 1. The van der Waals surface area contributed by atoms with E-state index in [1.807, 2.05) is 10.1 Å². The monoisotopic (exact) mass is 438 g/mol. The first-order chi connectivity index (χ1) is 15.5. The Hall–Kier alpha value is -4.74. The SMILES string of the molecule is COc1cc(/C=N/NC(=O)CNc2n[nH]c(=O)[nH]c2=O)ccc1OC(=O)c1ccccc1. The molecule has 12 nitrogen and oxygen atoms in total. The van der Waals surface area contributed by atoms with E-state index in [0.717, 1.165) is 0 Å². The van der Waals surface area contributed by atoms with Gasteiger partial charge in [-0.15, -0.1) is 5.10 Å². The molecule has 12 heteroatoms. The predicted molar refractivity (Wildman–Crippen MR) is 114 cm³/mol. The minimum Gasteiger partial charge on any atom is -0.493 e. The molecule has 0 aliphatic heterocycles. The topological polar surface area (TPSA) is 168 Å². The maximum Gasteiger partial charge on any atom is 0.343 e. The third-order valence-corrected chi connectivity index (χ3v) is 3.93. The van der Waals surface area contributed by atoms with E-state index in [0.29, 0.717) is 16.9 Å². The molecule has 1 aromatic heterocycles. The Balaban J connectivity index is 1.57. The lowest BCUT2D eigenvalue weighted by molar-refractivity contribution is -0.119. The van der Waals surface area contributed by atoms with Crippen LogP contribution in [0.15, 0.2) is 63.2 Å². The van der Waals surface area contributed by atoms with Gasteiger partial charge < -0.3 is 14.8 Å². The number of carbonyl (C=O) groups excluding carboxylic acids is 2. The quantitative estimate of drug-likeness (QED) is 0.168. The molecular formula is C20H18N6O6. The third kappa shape index (κ3) is 5.89. The standard InChI is InChI=1S/C20H18N6O6/c1-31-15-9-12(7-8-14(15)32-19(29)13-5-3-2-4-6-13)10-22-24-16(27)11-21-17-18(28)23-20(30)26-25-17/h2-10H,11H2,1H3,(H,21,25)(H,24,27)(H2,23,26,28,30)/b22-10+. The highest BCUT2D eigenvalue weighted by Gasteiger charge is 2.12. The van der Waals surface area contributed by atoms with Gasteiger partial charge in [0.15, 0.2) is 11.5 Å². The molecule has 1 amide bonds. The summed E-state index contributed by atoms with van der Waals surface area (Å²) < 4.78 is 10.6. The third-order valence-electron chi connectivity index (χ3n) is 3.93. The Morgan fingerprint density at radius 1 is 1.12 bits per heavy atom. The zero-order chi connectivity index (χ0) is 22.9. The molecule has 0 unspecified atom stereocenters. The molecule has 3 aromatic rings. The summed E-state index contributed by atoms with van der Waals surface area (Å²) in [4.78, 5) is 48.4. The number of anilines is 1. The van der Waals surface area contributed by atoms with E-state index >= 15 is 0 Å². The molecule has 0 saturated carbocycles. The van der Waals surface area contributed by atoms with Gasteiger partial charge in [-0.2, -0.15) is 5.10 Å². The fourth-order valence-corrected chi connectivity index (χ4v) is 2.43. The predicted octanol–water partition coefficient (Wildman–Crippen LogP) is 0.248. The average Bonchev–Trinajstić information content (AvgIpc) is 2.80. The molecule has 32 heavy (non-hydrogen) atoms. The Morgan fingerprint density at radius 3 is 2.62 bits per heavy atom. The largest absolute Gasteiger partial charge is 0.493 e. The van der Waals surface area contributed by atoms with Crippen LogP contribution < -0.4 is 31.5 Å². The van der Waals surface area contributed by atoms with Gasteiger partial charge in [0.1, 0.15) is 0 Å². The van der Waals surface area contributed by atoms with Gasteiger partial charge in [0.2, 0.25) is 5.82 Å². The van der Waals surface area contributed by atoms with E-state index in [2.05, 4.69) is 20.9 Å². The summed E-state index contributed by atoms with van der Waals surface area (Å²) in [6.45, 7) is -0.308. The van der Waals surface area contributed by atoms with E-state index in [1.54, 1.807) is 48.5 Å². The Labute approximate surface area is 180 Å². The lowest BCUT2D eigenvalue weighted by Gasteiger charge is -2.10. The van der Waals surface area contributed by atoms with Crippen molar-refractivity contribution in [3.05, 3.63) is 80.5 Å². The van der Waals surface area contributed by atoms with Crippen molar-refractivity contribution in [1.29, 1.82) is 0 Å². The molecule has 0 spiro atoms. The first-order valence-electron chi connectivity index (χ1n) is 9.16. The van der Waals surface area contributed by atoms with Gasteiger partial charge >= 0.3 is 11.7 Å². The van der Waals surface area contributed by atoms with Gasteiger partial charge in [-0.25, -0.2) is 20.1 Å². The van der Waals surface area contributed by atoms with Gasteiger partial charge in [-0.3, -0.25) is 14.6 Å². The molecule has 0 aliphatic carbocycles. The molecule has 4 N–H and O–H groups in total. The summed E-state index contributed by atoms with van der Waals surface area (Å²) in [6, 6.07) is 13.3. The van der Waals surface area contributed by atoms with Crippen molar-refractivity contribution < 1.29 is 19.1 Å². The number of rotatable bonds is 8. The van der Waals surface area contributed by atoms with Crippen molar-refractivity contribution in [2.75, 3.05) is 19.0 Å². The van der Waals surface area contributed by atoms with Gasteiger partial charge in [-0.05, 0) is 35.9 Å². The van der Waals surface area contributed by atoms with Gasteiger partial charge in [0, 0.05) is 0 Å². The number of ether oxygens (including phenoxy) is 2. The molecule has 3 rings (SSSR count). The number of benzene rings is 2. The molecule has 0 saturated heterocycles. The smallest absolute Gasteiger partial charge is 0.343 e. The molecule has 0 radical (unpaired) electrons. The first kappa shape index (κ1) is 22.0. The summed E-state index contributed by atoms with van der Waals surface area (Å²) in [6.07, 6.45) is 1.36. The van der Waals surface area contributed by atoms with E-state index in [9.17, 15) is 19.2 Å². The lowest BCUT2D eigenvalue weighted by Crippen LogP contribution is -2.31. The summed E-state index contributed by atoms with van der Waals surface area (Å²) in [5, 5.41) is 11.8. The number of esters is 1. The Bertz CT molecular complexity index is 1250. The van der Waals surface area contributed by atoms with Crippen LogP contribution in [0.3, 0.4) is 0 Å². The molecular weight excluding hydrogens is 420 g/mol.